The normalized spacial score (nSPS) is 27.3. The first-order valence-electron chi connectivity index (χ1n) is 8.74. The molecule has 1 aliphatic heterocycles. The zero-order chi connectivity index (χ0) is 18.2. The third kappa shape index (κ3) is 3.56. The van der Waals surface area contributed by atoms with Crippen molar-refractivity contribution in [2.24, 2.45) is 16.2 Å². The number of likely N-dealkylation sites (N-methyl/N-ethyl adjacent to an activating group) is 1. The van der Waals surface area contributed by atoms with Gasteiger partial charge in [-0.3, -0.25) is 4.79 Å². The maximum atomic E-state index is 12.4. The van der Waals surface area contributed by atoms with Crippen molar-refractivity contribution in [2.75, 3.05) is 13.6 Å². The van der Waals surface area contributed by atoms with E-state index in [2.05, 4.69) is 23.6 Å². The van der Waals surface area contributed by atoms with E-state index in [1.54, 1.807) is 36.2 Å². The van der Waals surface area contributed by atoms with Gasteiger partial charge in [-0.05, 0) is 30.4 Å². The first kappa shape index (κ1) is 17.9. The van der Waals surface area contributed by atoms with Crippen LogP contribution in [0, 0.1) is 11.8 Å². The lowest BCUT2D eigenvalue weighted by Gasteiger charge is -2.35. The minimum Gasteiger partial charge on any atom is -0.352 e. The lowest BCUT2D eigenvalue weighted by atomic mass is 9.78. The molecule has 0 saturated heterocycles. The maximum absolute atomic E-state index is 12.4. The van der Waals surface area contributed by atoms with Gasteiger partial charge in [0.05, 0.1) is 6.54 Å². The van der Waals surface area contributed by atoms with E-state index >= 15 is 0 Å². The molecule has 1 heterocycles. The average Bonchev–Trinajstić information content (AvgIpc) is 2.84. The minimum atomic E-state index is -3.66. The molecule has 7 heteroatoms. The summed E-state index contributed by atoms with van der Waals surface area (Å²) in [5.74, 6) is 1.29. The average molecular weight is 363 g/mol. The van der Waals surface area contributed by atoms with Gasteiger partial charge in [0.2, 0.25) is 5.91 Å². The number of fused-ring (bicyclic) bond motifs is 1. The van der Waals surface area contributed by atoms with Gasteiger partial charge in [0.15, 0.2) is 5.84 Å². The summed E-state index contributed by atoms with van der Waals surface area (Å²) in [5, 5.41) is 3.11. The standard InChI is InChI=1S/C18H25N3O3S/c1-12-7-6-9-15(13(12)2)19-17(22)11-21(3)18-14-8-4-5-10-16(14)25(23,24)20-18/h4-5,8,10,12-13,15H,6-7,9,11H2,1-3H3,(H,19,22)/t12-,13-,15+/m1/s1. The summed E-state index contributed by atoms with van der Waals surface area (Å²) in [7, 11) is -1.97. The molecule has 1 aromatic rings. The topological polar surface area (TPSA) is 78.8 Å². The molecule has 2 aliphatic rings. The Bertz CT molecular complexity index is 804. The number of rotatable bonds is 3. The lowest BCUT2D eigenvalue weighted by molar-refractivity contribution is -0.122. The molecule has 0 radical (unpaired) electrons. The molecule has 0 aromatic heterocycles. The van der Waals surface area contributed by atoms with Crippen molar-refractivity contribution in [2.45, 2.75) is 44.0 Å². The van der Waals surface area contributed by atoms with Crippen LogP contribution in [-0.2, 0) is 14.8 Å². The van der Waals surface area contributed by atoms with Crippen LogP contribution in [0.25, 0.3) is 0 Å². The van der Waals surface area contributed by atoms with Crippen LogP contribution in [0.4, 0.5) is 0 Å². The van der Waals surface area contributed by atoms with E-state index in [1.807, 2.05) is 0 Å². The van der Waals surface area contributed by atoms with E-state index in [9.17, 15) is 13.2 Å². The van der Waals surface area contributed by atoms with Crippen molar-refractivity contribution < 1.29 is 13.2 Å². The van der Waals surface area contributed by atoms with E-state index in [1.165, 1.54) is 6.42 Å². The number of hydrogen-bond donors (Lipinski definition) is 1. The largest absolute Gasteiger partial charge is 0.352 e. The number of hydrogen-bond acceptors (Lipinski definition) is 4. The van der Waals surface area contributed by atoms with Crippen molar-refractivity contribution in [3.63, 3.8) is 0 Å². The second-order valence-electron chi connectivity index (χ2n) is 7.18. The van der Waals surface area contributed by atoms with E-state index in [-0.39, 0.29) is 23.4 Å². The molecule has 1 aromatic carbocycles. The number of amidine groups is 1. The summed E-state index contributed by atoms with van der Waals surface area (Å²) in [6, 6.07) is 6.89. The fourth-order valence-electron chi connectivity index (χ4n) is 3.69. The number of amides is 1. The predicted molar refractivity (Wildman–Crippen MR) is 96.9 cm³/mol. The molecule has 1 aliphatic carbocycles. The Morgan fingerprint density at radius 2 is 2.00 bits per heavy atom. The van der Waals surface area contributed by atoms with E-state index in [4.69, 9.17) is 0 Å². The molecular formula is C18H25N3O3S. The van der Waals surface area contributed by atoms with Crippen LogP contribution in [0.15, 0.2) is 33.6 Å². The highest BCUT2D eigenvalue weighted by molar-refractivity contribution is 7.90. The monoisotopic (exact) mass is 363 g/mol. The van der Waals surface area contributed by atoms with Gasteiger partial charge < -0.3 is 10.2 Å². The van der Waals surface area contributed by atoms with Crippen molar-refractivity contribution in [3.8, 4) is 0 Å². The number of nitrogens with one attached hydrogen (secondary N) is 1. The van der Waals surface area contributed by atoms with Gasteiger partial charge in [-0.25, -0.2) is 0 Å². The zero-order valence-electron chi connectivity index (χ0n) is 14.9. The van der Waals surface area contributed by atoms with E-state index in [0.29, 0.717) is 23.2 Å². The van der Waals surface area contributed by atoms with Crippen LogP contribution in [0.3, 0.4) is 0 Å². The predicted octanol–water partition coefficient (Wildman–Crippen LogP) is 2.01. The minimum absolute atomic E-state index is 0.0836. The van der Waals surface area contributed by atoms with Crippen LogP contribution < -0.4 is 5.32 Å². The van der Waals surface area contributed by atoms with E-state index < -0.39 is 10.0 Å². The quantitative estimate of drug-likeness (QED) is 0.891. The molecule has 1 N–H and O–H groups in total. The van der Waals surface area contributed by atoms with Crippen molar-refractivity contribution >= 4 is 21.8 Å². The molecule has 3 rings (SSSR count). The highest BCUT2D eigenvalue weighted by Gasteiger charge is 2.32. The van der Waals surface area contributed by atoms with Crippen LogP contribution in [-0.4, -0.2) is 44.7 Å². The number of sulfonamides is 1. The van der Waals surface area contributed by atoms with Crippen LogP contribution >= 0.6 is 0 Å². The Morgan fingerprint density at radius 3 is 2.76 bits per heavy atom. The second kappa shape index (κ2) is 6.78. The zero-order valence-corrected chi connectivity index (χ0v) is 15.7. The molecule has 1 fully saturated rings. The summed E-state index contributed by atoms with van der Waals surface area (Å²) in [6.07, 6.45) is 3.34. The molecule has 0 spiro atoms. The highest BCUT2D eigenvalue weighted by atomic mass is 32.2. The molecule has 3 atom stereocenters. The fourth-order valence-corrected chi connectivity index (χ4v) is 4.94. The molecule has 136 valence electrons. The molecule has 0 bridgehead atoms. The SMILES string of the molecule is C[C@@H]1[C@H](C)CCC[C@@H]1NC(=O)CN(C)C1=NS(=O)(=O)c2ccccc21. The summed E-state index contributed by atoms with van der Waals surface area (Å²) in [5.41, 5.74) is 0.553. The number of nitrogens with zero attached hydrogens (tertiary/aromatic N) is 2. The summed E-state index contributed by atoms with van der Waals surface area (Å²) >= 11 is 0. The fraction of sp³-hybridized carbons (Fsp3) is 0.556. The van der Waals surface area contributed by atoms with Gasteiger partial charge in [0.25, 0.3) is 10.0 Å². The Balaban J connectivity index is 1.69. The number of benzene rings is 1. The number of carbonyl (C=O) groups is 1. The first-order valence-corrected chi connectivity index (χ1v) is 10.2. The van der Waals surface area contributed by atoms with E-state index in [0.717, 1.165) is 12.8 Å². The number of carbonyl (C=O) groups excluding carboxylic acids is 1. The molecular weight excluding hydrogens is 338 g/mol. The van der Waals surface area contributed by atoms with Crippen LogP contribution in [0.5, 0.6) is 0 Å². The molecule has 6 nitrogen and oxygen atoms in total. The van der Waals surface area contributed by atoms with Crippen molar-refractivity contribution in [3.05, 3.63) is 29.8 Å². The van der Waals surface area contributed by atoms with Crippen molar-refractivity contribution in [1.29, 1.82) is 0 Å². The Labute approximate surface area is 149 Å². The van der Waals surface area contributed by atoms with Gasteiger partial charge in [-0.15, -0.1) is 4.40 Å². The maximum Gasteiger partial charge on any atom is 0.285 e. The summed E-state index contributed by atoms with van der Waals surface area (Å²) in [6.45, 7) is 4.49. The third-order valence-corrected chi connectivity index (χ3v) is 6.73. The van der Waals surface area contributed by atoms with Gasteiger partial charge in [0, 0.05) is 18.7 Å². The van der Waals surface area contributed by atoms with Crippen molar-refractivity contribution in [1.82, 2.24) is 10.2 Å². The molecule has 0 unspecified atom stereocenters. The Kier molecular flexibility index (Phi) is 4.86. The summed E-state index contributed by atoms with van der Waals surface area (Å²) in [4.78, 5) is 14.3. The second-order valence-corrected chi connectivity index (χ2v) is 8.76. The third-order valence-electron chi connectivity index (χ3n) is 5.41. The Hall–Kier alpha value is -1.89. The first-order chi connectivity index (χ1) is 11.8. The van der Waals surface area contributed by atoms with Gasteiger partial charge >= 0.3 is 0 Å². The highest BCUT2D eigenvalue weighted by Crippen LogP contribution is 2.30. The van der Waals surface area contributed by atoms with Crippen LogP contribution in [0.2, 0.25) is 0 Å². The molecule has 1 amide bonds. The Morgan fingerprint density at radius 1 is 1.28 bits per heavy atom. The van der Waals surface area contributed by atoms with Gasteiger partial charge in [0.1, 0.15) is 4.90 Å². The lowest BCUT2D eigenvalue weighted by Crippen LogP contribution is -2.47. The van der Waals surface area contributed by atoms with Crippen LogP contribution in [0.1, 0.15) is 38.7 Å². The summed E-state index contributed by atoms with van der Waals surface area (Å²) < 4.78 is 28.1. The van der Waals surface area contributed by atoms with Gasteiger partial charge in [-0.1, -0.05) is 38.8 Å². The van der Waals surface area contributed by atoms with Gasteiger partial charge in [-0.2, -0.15) is 8.42 Å². The molecule has 25 heavy (non-hydrogen) atoms. The molecule has 1 saturated carbocycles. The smallest absolute Gasteiger partial charge is 0.285 e.